The minimum Gasteiger partial charge on any atom is -0.507 e. The maximum Gasteiger partial charge on any atom is 0.261 e. The Bertz CT molecular complexity index is 693. The molecular weight excluding hydrogens is 310 g/mol. The summed E-state index contributed by atoms with van der Waals surface area (Å²) in [6, 6.07) is 5.01. The molecule has 1 aromatic carbocycles. The fourth-order valence-electron chi connectivity index (χ4n) is 2.78. The number of aromatic nitrogens is 1. The molecule has 0 aliphatic carbocycles. The van der Waals surface area contributed by atoms with E-state index in [-0.39, 0.29) is 17.2 Å². The van der Waals surface area contributed by atoms with Crippen molar-refractivity contribution in [1.29, 1.82) is 0 Å². The number of likely N-dealkylation sites (tertiary alicyclic amines) is 1. The topological polar surface area (TPSA) is 65.5 Å². The van der Waals surface area contributed by atoms with Gasteiger partial charge in [0.2, 0.25) is 0 Å². The number of nitrogens with zero attached hydrogens (tertiary/aromatic N) is 2. The monoisotopic (exact) mass is 331 g/mol. The number of carbonyl (C=O) groups excluding carboxylic acids is 1. The van der Waals surface area contributed by atoms with Gasteiger partial charge in [-0.3, -0.25) is 15.0 Å². The van der Waals surface area contributed by atoms with Crippen LogP contribution in [0.2, 0.25) is 0 Å². The molecule has 1 amide bonds. The predicted molar refractivity (Wildman–Crippen MR) is 92.0 cm³/mol. The number of thiazole rings is 1. The number of rotatable bonds is 4. The minimum atomic E-state index is -0.332. The number of nitrogens with one attached hydrogen (secondary N) is 1. The Morgan fingerprint density at radius 1 is 1.35 bits per heavy atom. The maximum absolute atomic E-state index is 12.2. The second-order valence-corrected chi connectivity index (χ2v) is 6.81. The number of hydrogen-bond donors (Lipinski definition) is 2. The number of carbonyl (C=O) groups is 1. The lowest BCUT2D eigenvalue weighted by molar-refractivity contribution is 0.102. The van der Waals surface area contributed by atoms with Gasteiger partial charge in [0.05, 0.1) is 11.3 Å². The van der Waals surface area contributed by atoms with Gasteiger partial charge in [0.15, 0.2) is 5.13 Å². The highest BCUT2D eigenvalue weighted by Crippen LogP contribution is 2.22. The largest absolute Gasteiger partial charge is 0.507 e. The van der Waals surface area contributed by atoms with Crippen molar-refractivity contribution in [3.05, 3.63) is 40.4 Å². The van der Waals surface area contributed by atoms with E-state index in [9.17, 15) is 9.90 Å². The van der Waals surface area contributed by atoms with Crippen LogP contribution < -0.4 is 5.32 Å². The van der Waals surface area contributed by atoms with E-state index in [1.54, 1.807) is 18.2 Å². The summed E-state index contributed by atoms with van der Waals surface area (Å²) in [7, 11) is 0. The average molecular weight is 331 g/mol. The normalized spacial score (nSPS) is 15.5. The van der Waals surface area contributed by atoms with Crippen LogP contribution in [0.5, 0.6) is 5.75 Å². The summed E-state index contributed by atoms with van der Waals surface area (Å²) in [5, 5.41) is 15.2. The molecule has 3 rings (SSSR count). The van der Waals surface area contributed by atoms with Crippen LogP contribution in [0.4, 0.5) is 5.13 Å². The molecular formula is C17H21N3O2S. The first kappa shape index (κ1) is 16.0. The van der Waals surface area contributed by atoms with E-state index in [0.717, 1.165) is 30.9 Å². The van der Waals surface area contributed by atoms with Gasteiger partial charge < -0.3 is 5.11 Å². The molecule has 0 spiro atoms. The van der Waals surface area contributed by atoms with Gasteiger partial charge in [-0.15, -0.1) is 11.3 Å². The molecule has 0 radical (unpaired) electrons. The fraction of sp³-hybridized carbons (Fsp3) is 0.412. The van der Waals surface area contributed by atoms with E-state index in [0.29, 0.717) is 5.13 Å². The van der Waals surface area contributed by atoms with E-state index in [1.807, 2.05) is 12.3 Å². The maximum atomic E-state index is 12.2. The van der Waals surface area contributed by atoms with Crippen LogP contribution in [0.3, 0.4) is 0 Å². The molecule has 0 atom stereocenters. The summed E-state index contributed by atoms with van der Waals surface area (Å²) in [5.41, 5.74) is 2.17. The number of anilines is 1. The third-order valence-electron chi connectivity index (χ3n) is 4.00. The predicted octanol–water partition coefficient (Wildman–Crippen LogP) is 3.40. The van der Waals surface area contributed by atoms with E-state index < -0.39 is 0 Å². The first-order chi connectivity index (χ1) is 11.1. The number of phenols is 1. The standard InChI is InChI=1S/C17H21N3O2S/c1-12-5-6-14(15(21)9-12)16(22)19-17-18-13(11-23-17)10-20-7-3-2-4-8-20/h5-6,9,11,21H,2-4,7-8,10H2,1H3,(H,18,19,22). The molecule has 2 heterocycles. The zero-order valence-corrected chi connectivity index (χ0v) is 14.0. The molecule has 5 nitrogen and oxygen atoms in total. The lowest BCUT2D eigenvalue weighted by atomic mass is 10.1. The SMILES string of the molecule is Cc1ccc(C(=O)Nc2nc(CN3CCCCC3)cs2)c(O)c1. The average Bonchev–Trinajstić information content (AvgIpc) is 2.95. The number of piperidine rings is 1. The van der Waals surface area contributed by atoms with Crippen LogP contribution in [-0.4, -0.2) is 34.0 Å². The Hall–Kier alpha value is -1.92. The van der Waals surface area contributed by atoms with Gasteiger partial charge >= 0.3 is 0 Å². The molecule has 2 aromatic rings. The van der Waals surface area contributed by atoms with E-state index in [2.05, 4.69) is 15.2 Å². The molecule has 1 saturated heterocycles. The van der Waals surface area contributed by atoms with Gasteiger partial charge in [0.25, 0.3) is 5.91 Å². The zero-order chi connectivity index (χ0) is 16.2. The summed E-state index contributed by atoms with van der Waals surface area (Å²) in [6.07, 6.45) is 3.82. The highest BCUT2D eigenvalue weighted by atomic mass is 32.1. The number of hydrogen-bond acceptors (Lipinski definition) is 5. The van der Waals surface area contributed by atoms with Crippen LogP contribution in [0.15, 0.2) is 23.6 Å². The van der Waals surface area contributed by atoms with Gasteiger partial charge in [-0.05, 0) is 50.6 Å². The molecule has 0 unspecified atom stereocenters. The van der Waals surface area contributed by atoms with Crippen molar-refractivity contribution >= 4 is 22.4 Å². The van der Waals surface area contributed by atoms with Crippen LogP contribution in [0, 0.1) is 6.92 Å². The molecule has 1 aliphatic heterocycles. The summed E-state index contributed by atoms with van der Waals surface area (Å²) in [6.45, 7) is 4.95. The fourth-order valence-corrected chi connectivity index (χ4v) is 3.48. The van der Waals surface area contributed by atoms with Gasteiger partial charge in [0, 0.05) is 11.9 Å². The number of amides is 1. The number of phenolic OH excluding ortho intramolecular Hbond substituents is 1. The Morgan fingerprint density at radius 2 is 2.13 bits per heavy atom. The lowest BCUT2D eigenvalue weighted by Crippen LogP contribution is -2.29. The van der Waals surface area contributed by atoms with E-state index in [4.69, 9.17) is 0 Å². The van der Waals surface area contributed by atoms with Crippen LogP contribution in [0.1, 0.15) is 40.9 Å². The first-order valence-corrected chi connectivity index (χ1v) is 8.77. The van der Waals surface area contributed by atoms with Crippen molar-refractivity contribution in [2.75, 3.05) is 18.4 Å². The molecule has 0 bridgehead atoms. The second kappa shape index (κ2) is 7.10. The van der Waals surface area contributed by atoms with E-state index in [1.165, 1.54) is 30.6 Å². The molecule has 1 fully saturated rings. The molecule has 1 aliphatic rings. The second-order valence-electron chi connectivity index (χ2n) is 5.96. The summed E-state index contributed by atoms with van der Waals surface area (Å²) in [4.78, 5) is 19.1. The van der Waals surface area contributed by atoms with Crippen molar-refractivity contribution < 1.29 is 9.90 Å². The van der Waals surface area contributed by atoms with Gasteiger partial charge in [-0.1, -0.05) is 12.5 Å². The third kappa shape index (κ3) is 4.09. The lowest BCUT2D eigenvalue weighted by Gasteiger charge is -2.25. The molecule has 23 heavy (non-hydrogen) atoms. The molecule has 2 N–H and O–H groups in total. The Kier molecular flexibility index (Phi) is 4.93. The number of aromatic hydroxyl groups is 1. The Morgan fingerprint density at radius 3 is 2.87 bits per heavy atom. The summed E-state index contributed by atoms with van der Waals surface area (Å²) >= 11 is 1.42. The number of aryl methyl sites for hydroxylation is 1. The Balaban J connectivity index is 1.62. The highest BCUT2D eigenvalue weighted by Gasteiger charge is 2.15. The first-order valence-electron chi connectivity index (χ1n) is 7.89. The smallest absolute Gasteiger partial charge is 0.261 e. The van der Waals surface area contributed by atoms with Gasteiger partial charge in [-0.25, -0.2) is 4.98 Å². The zero-order valence-electron chi connectivity index (χ0n) is 13.2. The summed E-state index contributed by atoms with van der Waals surface area (Å²) in [5.74, 6) is -0.339. The molecule has 122 valence electrons. The third-order valence-corrected chi connectivity index (χ3v) is 4.81. The van der Waals surface area contributed by atoms with Gasteiger partial charge in [-0.2, -0.15) is 0 Å². The van der Waals surface area contributed by atoms with Crippen molar-refractivity contribution in [1.82, 2.24) is 9.88 Å². The van der Waals surface area contributed by atoms with Gasteiger partial charge in [0.1, 0.15) is 5.75 Å². The van der Waals surface area contributed by atoms with Crippen LogP contribution in [-0.2, 0) is 6.54 Å². The quantitative estimate of drug-likeness (QED) is 0.901. The van der Waals surface area contributed by atoms with Crippen molar-refractivity contribution in [3.63, 3.8) is 0 Å². The number of benzene rings is 1. The minimum absolute atomic E-state index is 0.00686. The van der Waals surface area contributed by atoms with Crippen LogP contribution >= 0.6 is 11.3 Å². The Labute approximate surface area is 140 Å². The van der Waals surface area contributed by atoms with Crippen LogP contribution in [0.25, 0.3) is 0 Å². The van der Waals surface area contributed by atoms with Crippen molar-refractivity contribution in [3.8, 4) is 5.75 Å². The molecule has 6 heteroatoms. The molecule has 0 saturated carbocycles. The summed E-state index contributed by atoms with van der Waals surface area (Å²) < 4.78 is 0. The van der Waals surface area contributed by atoms with Crippen molar-refractivity contribution in [2.24, 2.45) is 0 Å². The highest BCUT2D eigenvalue weighted by molar-refractivity contribution is 7.14. The van der Waals surface area contributed by atoms with Crippen molar-refractivity contribution in [2.45, 2.75) is 32.7 Å². The molecule has 1 aromatic heterocycles. The van der Waals surface area contributed by atoms with E-state index >= 15 is 0 Å².